The first-order valence-corrected chi connectivity index (χ1v) is 10.1. The van der Waals surface area contributed by atoms with Gasteiger partial charge in [0.2, 0.25) is 0 Å². The predicted molar refractivity (Wildman–Crippen MR) is 103 cm³/mol. The molecule has 1 aromatic rings. The molecule has 150 valence electrons. The van der Waals surface area contributed by atoms with E-state index in [1.807, 2.05) is 0 Å². The van der Waals surface area contributed by atoms with Gasteiger partial charge in [-0.1, -0.05) is 6.07 Å². The second-order valence-electron chi connectivity index (χ2n) is 9.02. The van der Waals surface area contributed by atoms with Crippen molar-refractivity contribution in [2.75, 3.05) is 5.32 Å². The van der Waals surface area contributed by atoms with Crippen LogP contribution in [0.4, 0.5) is 11.4 Å². The number of nitrogens with zero attached hydrogens (tertiary/aromatic N) is 1. The number of anilines is 1. The molecule has 0 heterocycles. The first kappa shape index (κ1) is 18.9. The second kappa shape index (κ2) is 7.18. The summed E-state index contributed by atoms with van der Waals surface area (Å²) in [5, 5.41) is 13.4. The number of hydrogen-bond acceptors (Lipinski definition) is 5. The topological polar surface area (TPSA) is 98.5 Å². The molecule has 4 saturated carbocycles. The second-order valence-corrected chi connectivity index (χ2v) is 9.02. The molecule has 4 bridgehead atoms. The van der Waals surface area contributed by atoms with Crippen LogP contribution in [0.1, 0.15) is 51.9 Å². The zero-order chi connectivity index (χ0) is 19.9. The smallest absolute Gasteiger partial charge is 0.307 e. The lowest BCUT2D eigenvalue weighted by Gasteiger charge is -2.56. The van der Waals surface area contributed by atoms with Crippen LogP contribution in [0.25, 0.3) is 0 Å². The predicted octanol–water partition coefficient (Wildman–Crippen LogP) is 4.07. The maximum atomic E-state index is 12.5. The summed E-state index contributed by atoms with van der Waals surface area (Å²) in [5.74, 6) is 1.47. The minimum atomic E-state index is -0.944. The number of rotatable bonds is 6. The molecular weight excluding hydrogens is 360 g/mol. The van der Waals surface area contributed by atoms with E-state index in [9.17, 15) is 19.7 Å². The summed E-state index contributed by atoms with van der Waals surface area (Å²) in [6.45, 7) is 1.53. The van der Waals surface area contributed by atoms with E-state index >= 15 is 0 Å². The van der Waals surface area contributed by atoms with Crippen LogP contribution < -0.4 is 5.32 Å². The van der Waals surface area contributed by atoms with Crippen LogP contribution in [-0.2, 0) is 14.3 Å². The number of ether oxygens (including phenoxy) is 1. The van der Waals surface area contributed by atoms with Gasteiger partial charge in [0.25, 0.3) is 11.6 Å². The van der Waals surface area contributed by atoms with Gasteiger partial charge in [0.1, 0.15) is 0 Å². The SMILES string of the molecule is C[C@H](OC(=O)CC12CC3CC(CC(C3)C1)C2)C(=O)Nc1cccc([N+](=O)[O-])c1. The molecule has 0 radical (unpaired) electrons. The molecule has 1 aromatic carbocycles. The van der Waals surface area contributed by atoms with Crippen molar-refractivity contribution in [3.63, 3.8) is 0 Å². The Bertz CT molecular complexity index is 770. The lowest BCUT2D eigenvalue weighted by atomic mass is 9.49. The molecule has 4 aliphatic carbocycles. The summed E-state index contributed by atoms with van der Waals surface area (Å²) in [5.41, 5.74) is 0.273. The molecule has 0 aliphatic heterocycles. The molecule has 7 heteroatoms. The lowest BCUT2D eigenvalue weighted by Crippen LogP contribution is -2.47. The number of carbonyl (C=O) groups is 2. The third-order valence-electron chi connectivity index (χ3n) is 6.69. The zero-order valence-corrected chi connectivity index (χ0v) is 16.1. The summed E-state index contributed by atoms with van der Waals surface area (Å²) in [4.78, 5) is 35.2. The van der Waals surface area contributed by atoms with Gasteiger partial charge in [-0.15, -0.1) is 0 Å². The monoisotopic (exact) mass is 386 g/mol. The Morgan fingerprint density at radius 1 is 1.21 bits per heavy atom. The van der Waals surface area contributed by atoms with E-state index in [0.29, 0.717) is 12.1 Å². The summed E-state index contributed by atoms with van der Waals surface area (Å²) >= 11 is 0. The molecule has 7 nitrogen and oxygen atoms in total. The Morgan fingerprint density at radius 3 is 2.39 bits per heavy atom. The summed E-state index contributed by atoms with van der Waals surface area (Å²) < 4.78 is 5.42. The molecule has 1 N–H and O–H groups in total. The van der Waals surface area contributed by atoms with E-state index in [1.54, 1.807) is 6.07 Å². The molecule has 0 aromatic heterocycles. The Labute approximate surface area is 164 Å². The van der Waals surface area contributed by atoms with Gasteiger partial charge >= 0.3 is 5.97 Å². The minimum absolute atomic E-state index is 0.0715. The van der Waals surface area contributed by atoms with E-state index < -0.39 is 16.9 Å². The number of carbonyl (C=O) groups excluding carboxylic acids is 2. The fourth-order valence-electron chi connectivity index (χ4n) is 6.05. The summed E-state index contributed by atoms with van der Waals surface area (Å²) in [7, 11) is 0. The fourth-order valence-corrected chi connectivity index (χ4v) is 6.05. The van der Waals surface area contributed by atoms with Gasteiger partial charge < -0.3 is 10.1 Å². The van der Waals surface area contributed by atoms with E-state index in [4.69, 9.17) is 4.74 Å². The van der Waals surface area contributed by atoms with E-state index in [1.165, 1.54) is 44.4 Å². The van der Waals surface area contributed by atoms with Gasteiger partial charge in [-0.3, -0.25) is 19.7 Å². The van der Waals surface area contributed by atoms with Crippen LogP contribution >= 0.6 is 0 Å². The van der Waals surface area contributed by atoms with Crippen molar-refractivity contribution in [3.8, 4) is 0 Å². The van der Waals surface area contributed by atoms with E-state index in [2.05, 4.69) is 5.32 Å². The van der Waals surface area contributed by atoms with Gasteiger partial charge in [0.15, 0.2) is 6.10 Å². The maximum absolute atomic E-state index is 12.5. The minimum Gasteiger partial charge on any atom is -0.453 e. The van der Waals surface area contributed by atoms with Crippen molar-refractivity contribution in [2.24, 2.45) is 23.2 Å². The van der Waals surface area contributed by atoms with Crippen LogP contribution in [0, 0.1) is 33.3 Å². The van der Waals surface area contributed by atoms with Crippen molar-refractivity contribution in [2.45, 2.75) is 58.0 Å². The standard InChI is InChI=1S/C21H26N2O5/c1-13(20(25)22-17-3-2-4-18(8-17)23(26)27)28-19(24)12-21-9-14-5-15(10-21)7-16(6-14)11-21/h2-4,8,13-16H,5-7,9-12H2,1H3,(H,22,25)/t13-,14?,15?,16?,21?/m0/s1. The number of benzene rings is 1. The number of non-ortho nitro benzene ring substituents is 1. The molecular formula is C21H26N2O5. The Morgan fingerprint density at radius 2 is 1.82 bits per heavy atom. The molecule has 0 unspecified atom stereocenters. The largest absolute Gasteiger partial charge is 0.453 e. The first-order valence-electron chi connectivity index (χ1n) is 10.1. The summed E-state index contributed by atoms with van der Waals surface area (Å²) in [6, 6.07) is 5.69. The highest BCUT2D eigenvalue weighted by Gasteiger charge is 2.51. The average Bonchev–Trinajstić information content (AvgIpc) is 2.60. The maximum Gasteiger partial charge on any atom is 0.307 e. The molecule has 4 aliphatic rings. The number of amides is 1. The molecule has 28 heavy (non-hydrogen) atoms. The highest BCUT2D eigenvalue weighted by molar-refractivity contribution is 5.95. The van der Waals surface area contributed by atoms with Gasteiger partial charge in [-0.25, -0.2) is 0 Å². The average molecular weight is 386 g/mol. The lowest BCUT2D eigenvalue weighted by molar-refractivity contribution is -0.384. The number of nitrogens with one attached hydrogen (secondary N) is 1. The molecule has 5 rings (SSSR count). The number of nitro groups is 1. The van der Waals surface area contributed by atoms with E-state index in [-0.39, 0.29) is 17.1 Å². The zero-order valence-electron chi connectivity index (χ0n) is 16.1. The van der Waals surface area contributed by atoms with Crippen molar-refractivity contribution in [1.82, 2.24) is 0 Å². The quantitative estimate of drug-likeness (QED) is 0.451. The fraction of sp³-hybridized carbons (Fsp3) is 0.619. The van der Waals surface area contributed by atoms with Gasteiger partial charge in [0, 0.05) is 17.8 Å². The van der Waals surface area contributed by atoms with Crippen LogP contribution in [0.5, 0.6) is 0 Å². The Balaban J connectivity index is 1.32. The summed E-state index contributed by atoms with van der Waals surface area (Å²) in [6.07, 6.45) is 6.74. The number of hydrogen-bond donors (Lipinski definition) is 1. The van der Waals surface area contributed by atoms with Crippen LogP contribution in [0.3, 0.4) is 0 Å². The molecule has 0 saturated heterocycles. The van der Waals surface area contributed by atoms with Crippen LogP contribution in [0.15, 0.2) is 24.3 Å². The highest BCUT2D eigenvalue weighted by Crippen LogP contribution is 2.61. The van der Waals surface area contributed by atoms with Crippen LogP contribution in [0.2, 0.25) is 0 Å². The van der Waals surface area contributed by atoms with Crippen molar-refractivity contribution in [1.29, 1.82) is 0 Å². The normalized spacial score (nSPS) is 31.2. The Hall–Kier alpha value is -2.44. The van der Waals surface area contributed by atoms with E-state index in [0.717, 1.165) is 37.0 Å². The third-order valence-corrected chi connectivity index (χ3v) is 6.69. The van der Waals surface area contributed by atoms with Gasteiger partial charge in [-0.2, -0.15) is 0 Å². The number of esters is 1. The third kappa shape index (κ3) is 3.88. The molecule has 0 spiro atoms. The van der Waals surface area contributed by atoms with Gasteiger partial charge in [0.05, 0.1) is 11.3 Å². The number of nitro benzene ring substituents is 1. The molecule has 1 amide bonds. The molecule has 4 fully saturated rings. The first-order chi connectivity index (χ1) is 13.3. The van der Waals surface area contributed by atoms with Crippen LogP contribution in [-0.4, -0.2) is 22.9 Å². The molecule has 1 atom stereocenters. The van der Waals surface area contributed by atoms with Crippen molar-refractivity contribution >= 4 is 23.3 Å². The van der Waals surface area contributed by atoms with Crippen molar-refractivity contribution < 1.29 is 19.2 Å². The van der Waals surface area contributed by atoms with Gasteiger partial charge in [-0.05, 0) is 74.7 Å². The Kier molecular flexibility index (Phi) is 4.85. The highest BCUT2D eigenvalue weighted by atomic mass is 16.6. The van der Waals surface area contributed by atoms with Crippen molar-refractivity contribution in [3.05, 3.63) is 34.4 Å².